The fourth-order valence-electron chi connectivity index (χ4n) is 5.22. The maximum atomic E-state index is 14.3. The number of halogens is 2. The molecular weight excluding hydrogens is 842 g/mol. The summed E-state index contributed by atoms with van der Waals surface area (Å²) in [4.78, 5) is 34.5. The Kier molecular flexibility index (Phi) is 10.5. The second-order valence-corrected chi connectivity index (χ2v) is 14.5. The average molecular weight is 871 g/mol. The van der Waals surface area contributed by atoms with E-state index in [4.69, 9.17) is 14.5 Å². The minimum atomic E-state index is -0.711. The number of carbonyl (C=O) groups excluding carboxylic acids is 1. The number of fused-ring (bicyclic) bond motifs is 1. The zero-order valence-electron chi connectivity index (χ0n) is 24.9. The second kappa shape index (κ2) is 14.7. The predicted octanol–water partition coefficient (Wildman–Crippen LogP) is 7.45. The molecule has 1 aliphatic heterocycles. The van der Waals surface area contributed by atoms with Crippen LogP contribution in [0.1, 0.15) is 35.2 Å². The Morgan fingerprint density at radius 1 is 0.978 bits per heavy atom. The van der Waals surface area contributed by atoms with Crippen molar-refractivity contribution in [3.8, 4) is 5.75 Å². The summed E-state index contributed by atoms with van der Waals surface area (Å²) in [5.74, 6) is 0.317. The van der Waals surface area contributed by atoms with Gasteiger partial charge in [0.2, 0.25) is 0 Å². The summed E-state index contributed by atoms with van der Waals surface area (Å²) in [6, 6.07) is 30.9. The maximum Gasteiger partial charge on any atom is 0.338 e. The molecule has 0 fully saturated rings. The van der Waals surface area contributed by atoms with E-state index < -0.39 is 12.0 Å². The Hall–Kier alpha value is -3.20. The molecule has 46 heavy (non-hydrogen) atoms. The molecule has 6 rings (SSSR count). The van der Waals surface area contributed by atoms with Crippen LogP contribution in [0, 0.1) is 7.14 Å². The highest BCUT2D eigenvalue weighted by molar-refractivity contribution is 14.1. The summed E-state index contributed by atoms with van der Waals surface area (Å²) in [7, 11) is 0. The molecule has 1 atom stereocenters. The number of thiazole rings is 1. The molecule has 0 spiro atoms. The lowest BCUT2D eigenvalue weighted by molar-refractivity contribution is -0.138. The molecule has 0 saturated carbocycles. The van der Waals surface area contributed by atoms with Crippen LogP contribution in [-0.4, -0.2) is 23.4 Å². The first-order valence-corrected chi connectivity index (χ1v) is 18.7. The number of aromatic nitrogens is 1. The zero-order chi connectivity index (χ0) is 32.2. The van der Waals surface area contributed by atoms with Crippen LogP contribution < -0.4 is 19.6 Å². The fraction of sp³-hybridized carbons (Fsp3) is 0.139. The van der Waals surface area contributed by atoms with Crippen molar-refractivity contribution in [1.82, 2.24) is 4.57 Å². The van der Waals surface area contributed by atoms with E-state index in [1.807, 2.05) is 109 Å². The Morgan fingerprint density at radius 3 is 2.26 bits per heavy atom. The molecule has 4 aromatic carbocycles. The second-order valence-electron chi connectivity index (χ2n) is 10.3. The van der Waals surface area contributed by atoms with Crippen molar-refractivity contribution in [3.63, 3.8) is 0 Å². The van der Waals surface area contributed by atoms with Crippen LogP contribution in [-0.2, 0) is 16.1 Å². The highest BCUT2D eigenvalue weighted by atomic mass is 127. The molecule has 232 valence electrons. The van der Waals surface area contributed by atoms with Crippen molar-refractivity contribution < 1.29 is 14.3 Å². The van der Waals surface area contributed by atoms with E-state index >= 15 is 0 Å². The monoisotopic (exact) mass is 870 g/mol. The molecule has 0 N–H and O–H groups in total. The predicted molar refractivity (Wildman–Crippen MR) is 202 cm³/mol. The number of thioether (sulfide) groups is 1. The van der Waals surface area contributed by atoms with Crippen LogP contribution in [0.15, 0.2) is 117 Å². The van der Waals surface area contributed by atoms with Gasteiger partial charge in [0.25, 0.3) is 5.56 Å². The minimum Gasteiger partial charge on any atom is -0.487 e. The largest absolute Gasteiger partial charge is 0.487 e. The van der Waals surface area contributed by atoms with Crippen molar-refractivity contribution >= 4 is 86.0 Å². The van der Waals surface area contributed by atoms with Gasteiger partial charge in [-0.1, -0.05) is 84.1 Å². The van der Waals surface area contributed by atoms with Crippen molar-refractivity contribution in [2.24, 2.45) is 4.99 Å². The molecule has 10 heteroatoms. The van der Waals surface area contributed by atoms with Crippen molar-refractivity contribution in [1.29, 1.82) is 0 Å². The highest BCUT2D eigenvalue weighted by Crippen LogP contribution is 2.36. The molecule has 5 aromatic rings. The van der Waals surface area contributed by atoms with Crippen LogP contribution >= 0.6 is 68.3 Å². The molecule has 0 radical (unpaired) electrons. The van der Waals surface area contributed by atoms with E-state index in [1.165, 1.54) is 11.3 Å². The summed E-state index contributed by atoms with van der Waals surface area (Å²) >= 11 is 7.50. The van der Waals surface area contributed by atoms with Gasteiger partial charge in [0.15, 0.2) is 4.80 Å². The van der Waals surface area contributed by atoms with Gasteiger partial charge in [-0.3, -0.25) is 9.36 Å². The molecule has 0 aliphatic carbocycles. The molecule has 0 unspecified atom stereocenters. The van der Waals surface area contributed by atoms with Gasteiger partial charge in [0.1, 0.15) is 12.4 Å². The molecule has 0 bridgehead atoms. The topological polar surface area (TPSA) is 69.9 Å². The third-order valence-electron chi connectivity index (χ3n) is 7.35. The van der Waals surface area contributed by atoms with E-state index in [-0.39, 0.29) is 12.2 Å². The van der Waals surface area contributed by atoms with Gasteiger partial charge in [-0.25, -0.2) is 9.79 Å². The van der Waals surface area contributed by atoms with E-state index in [2.05, 4.69) is 45.2 Å². The summed E-state index contributed by atoms with van der Waals surface area (Å²) < 4.78 is 15.8. The highest BCUT2D eigenvalue weighted by Gasteiger charge is 2.35. The van der Waals surface area contributed by atoms with Gasteiger partial charge < -0.3 is 9.47 Å². The van der Waals surface area contributed by atoms with Gasteiger partial charge in [-0.2, -0.15) is 0 Å². The normalized spacial score (nSPS) is 14.5. The molecular formula is C36H28I2N2O4S2. The number of benzene rings is 4. The quantitative estimate of drug-likeness (QED) is 0.0876. The first-order valence-electron chi connectivity index (χ1n) is 14.5. The Labute approximate surface area is 302 Å². The zero-order valence-corrected chi connectivity index (χ0v) is 30.9. The van der Waals surface area contributed by atoms with Crippen molar-refractivity contribution in [2.45, 2.75) is 24.5 Å². The van der Waals surface area contributed by atoms with Gasteiger partial charge >= 0.3 is 5.97 Å². The van der Waals surface area contributed by atoms with Gasteiger partial charge in [-0.05, 0) is 105 Å². The number of carbonyl (C=O) groups is 1. The fourth-order valence-corrected chi connectivity index (χ4v) is 8.76. The summed E-state index contributed by atoms with van der Waals surface area (Å²) in [6.45, 7) is 2.45. The Bertz CT molecular complexity index is 2090. The maximum absolute atomic E-state index is 14.3. The molecule has 6 nitrogen and oxygen atoms in total. The molecule has 1 aromatic heterocycles. The van der Waals surface area contributed by atoms with Crippen LogP contribution in [0.4, 0.5) is 0 Å². The van der Waals surface area contributed by atoms with Crippen LogP contribution in [0.5, 0.6) is 5.75 Å². The number of hydrogen-bond acceptors (Lipinski definition) is 7. The minimum absolute atomic E-state index is 0.204. The van der Waals surface area contributed by atoms with Crippen LogP contribution in [0.3, 0.4) is 0 Å². The lowest BCUT2D eigenvalue weighted by Gasteiger charge is -2.26. The molecule has 0 amide bonds. The van der Waals surface area contributed by atoms with E-state index in [9.17, 15) is 9.59 Å². The first-order chi connectivity index (χ1) is 22.4. The SMILES string of the molecule is CCOC(=O)C1=C(c2ccccc2)N=c2s/c(=C\c3cc(I)c(OCc4ccccc4)c(I)c3)c(=O)n2[C@H]1c1ccc(SC)cc1. The van der Waals surface area contributed by atoms with Gasteiger partial charge in [0, 0.05) is 10.5 Å². The van der Waals surface area contributed by atoms with Gasteiger partial charge in [-0.15, -0.1) is 11.8 Å². The Balaban J connectivity index is 1.49. The number of ether oxygens (including phenoxy) is 2. The smallest absolute Gasteiger partial charge is 0.338 e. The standard InChI is InChI=1S/C36H28I2N2O4S2/c1-3-43-35(42)30-31(24-12-8-5-9-13-24)39-36-40(32(30)25-14-16-26(45-2)17-15-25)34(41)29(46-36)20-23-18-27(37)33(28(38)19-23)44-21-22-10-6-4-7-11-22/h4-20,32H,3,21H2,1-2H3/b29-20-/t32-/m0/s1. The molecule has 2 heterocycles. The van der Waals surface area contributed by atoms with Gasteiger partial charge in [0.05, 0.1) is 35.6 Å². The number of hydrogen-bond donors (Lipinski definition) is 0. The number of rotatable bonds is 9. The third kappa shape index (κ3) is 6.90. The average Bonchev–Trinajstić information content (AvgIpc) is 3.38. The van der Waals surface area contributed by atoms with Crippen molar-refractivity contribution in [3.05, 3.63) is 152 Å². The lowest BCUT2D eigenvalue weighted by Crippen LogP contribution is -2.40. The third-order valence-corrected chi connectivity index (χ3v) is 10.7. The first kappa shape index (κ1) is 32.7. The number of esters is 1. The number of nitrogens with zero attached hydrogens (tertiary/aromatic N) is 2. The summed E-state index contributed by atoms with van der Waals surface area (Å²) in [6.07, 6.45) is 3.90. The van der Waals surface area contributed by atoms with Crippen molar-refractivity contribution in [2.75, 3.05) is 12.9 Å². The van der Waals surface area contributed by atoms with Crippen LogP contribution in [0.2, 0.25) is 0 Å². The summed E-state index contributed by atoms with van der Waals surface area (Å²) in [5.41, 5.74) is 4.19. The molecule has 1 aliphatic rings. The van der Waals surface area contributed by atoms with Crippen LogP contribution in [0.25, 0.3) is 11.8 Å². The summed E-state index contributed by atoms with van der Waals surface area (Å²) in [5, 5.41) is 0. The Morgan fingerprint density at radius 2 is 1.63 bits per heavy atom. The molecule has 0 saturated heterocycles. The lowest BCUT2D eigenvalue weighted by atomic mass is 9.93. The van der Waals surface area contributed by atoms with E-state index in [0.717, 1.165) is 40.0 Å². The van der Waals surface area contributed by atoms with E-state index in [0.29, 0.717) is 27.2 Å². The van der Waals surface area contributed by atoms with E-state index in [1.54, 1.807) is 23.3 Å².